The molecule has 0 bridgehead atoms. The number of halogens is 12. The highest BCUT2D eigenvalue weighted by atomic mass is 79.9. The average Bonchev–Trinajstić information content (AvgIpc) is 0.767. The Bertz CT molecular complexity index is 5530. The molecule has 0 aliphatic heterocycles. The Kier molecular flexibility index (Phi) is 24.8. The molecule has 2 unspecified atom stereocenters. The molecule has 518 valence electrons. The average molecular weight is 1670 g/mol. The molecule has 0 aliphatic rings. The lowest BCUT2D eigenvalue weighted by atomic mass is 10.2. The minimum Gasteiger partial charge on any atom is -0.495 e. The van der Waals surface area contributed by atoms with Gasteiger partial charge in [0, 0.05) is 83.0 Å². The van der Waals surface area contributed by atoms with Crippen molar-refractivity contribution in [2.45, 2.75) is 20.4 Å². The van der Waals surface area contributed by atoms with Gasteiger partial charge < -0.3 is 23.3 Å². The maximum absolute atomic E-state index is 15.0. The van der Waals surface area contributed by atoms with Crippen molar-refractivity contribution in [3.63, 3.8) is 0 Å². The van der Waals surface area contributed by atoms with Crippen LogP contribution in [0.15, 0.2) is 219 Å². The lowest BCUT2D eigenvalue weighted by Crippen LogP contribution is -2.20. The molecule has 12 aromatic rings. The van der Waals surface area contributed by atoms with E-state index >= 15 is 4.39 Å². The van der Waals surface area contributed by atoms with Crippen LogP contribution in [0.2, 0.25) is 0 Å². The topological polar surface area (TPSA) is 229 Å². The number of rotatable bonds is 16. The molecule has 2 atom stereocenters. The third-order valence-corrected chi connectivity index (χ3v) is 19.5. The Morgan fingerprint density at radius 2 is 0.890 bits per heavy atom. The van der Waals surface area contributed by atoms with E-state index in [1.807, 2.05) is 36.4 Å². The van der Waals surface area contributed by atoms with Crippen LogP contribution in [0.5, 0.6) is 23.0 Å². The van der Waals surface area contributed by atoms with Gasteiger partial charge in [0.15, 0.2) is 0 Å². The van der Waals surface area contributed by atoms with Gasteiger partial charge in [-0.15, -0.1) is 11.8 Å². The maximum Gasteiger partial charge on any atom is 0.342 e. The second-order valence-electron chi connectivity index (χ2n) is 20.1. The summed E-state index contributed by atoms with van der Waals surface area (Å²) in [6, 6.07) is 41.2. The molecule has 8 aromatic carbocycles. The standard InChI is InChI=1S/C23H17BrFNO2S.C22H10BrF6NO5S.C20H14BrFN4O4S.FH3OP2/c1-28-21-12-17(24)8-9-19(21)26-20-13-18(25)22(11-16(20)7-10-23(26)27)29-14-15-5-3-2-4-6-15;1-34-14-7-10(23)3-4-12(14)30-13-8-11(24)15(6-9(13)2-5-16(30)31)36(32,33)35-22-20(28)18(26)17(25)19(27)21(22)29;1-30-17-10-13(21)4-5-15(17)26-16-11-14(22)18(9-12(16)3-6-19(26)27)31(28,29)25-20-23-7-2-8-24-20;1-3-4-2/h2-13H,14H2,1H3;2-8H,1H3;2-11H,1H3,(H,23,24,25);2-4H. The summed E-state index contributed by atoms with van der Waals surface area (Å²) < 4.78 is 202. The van der Waals surface area contributed by atoms with Gasteiger partial charge in [-0.3, -0.25) is 28.1 Å². The fourth-order valence-corrected chi connectivity index (χ4v) is 13.6. The molecule has 0 radical (unpaired) electrons. The number of methoxy groups -OCH3 is 3. The molecule has 12 rings (SSSR count). The number of benzene rings is 8. The van der Waals surface area contributed by atoms with E-state index < -0.39 is 105 Å². The van der Waals surface area contributed by atoms with Crippen LogP contribution in [0.25, 0.3) is 49.8 Å². The first-order valence-corrected chi connectivity index (χ1v) is 37.0. The molecular formula is C65H44Br3F9N6O12P2S3. The van der Waals surface area contributed by atoms with E-state index in [0.29, 0.717) is 61.0 Å². The smallest absolute Gasteiger partial charge is 0.342 e. The van der Waals surface area contributed by atoms with Crippen LogP contribution in [-0.2, 0) is 25.9 Å². The quantitative estimate of drug-likeness (QED) is 0.0229. The predicted octanol–water partition coefficient (Wildman–Crippen LogP) is 16.1. The second kappa shape index (κ2) is 32.8. The lowest BCUT2D eigenvalue weighted by Gasteiger charge is -2.15. The number of hydrogen-bond acceptors (Lipinski definition) is 15. The van der Waals surface area contributed by atoms with E-state index in [9.17, 15) is 66.1 Å². The van der Waals surface area contributed by atoms with Gasteiger partial charge in [-0.05, 0) is 109 Å². The number of hydrogen-bond donors (Lipinski definition) is 2. The van der Waals surface area contributed by atoms with Crippen LogP contribution in [0.3, 0.4) is 0 Å². The van der Waals surface area contributed by atoms with Gasteiger partial charge in [-0.25, -0.2) is 53.6 Å². The first-order chi connectivity index (χ1) is 47.6. The van der Waals surface area contributed by atoms with Gasteiger partial charge in [-0.1, -0.05) is 78.1 Å². The van der Waals surface area contributed by atoms with Crippen molar-refractivity contribution in [1.82, 2.24) is 23.7 Å². The van der Waals surface area contributed by atoms with Gasteiger partial charge >= 0.3 is 10.1 Å². The SMILES string of the molecule is COc1cc(Br)ccc1-n1c(=O)ccc2cc(S(=O)(=O)Nc3ncccn3)c(F)cc21.COc1cc(Br)ccc1-n1c(=O)ccc2cc(S(=O)(=O)Oc3c(F)c(F)c(F)c(F)c3F)c(F)cc21.COc1cc(Br)ccc1-n1c(=O)ccc2cc(SCc3ccccc3)c(F)cc21.OPPF. The summed E-state index contributed by atoms with van der Waals surface area (Å²) in [5.74, 6) is -16.0. The minimum absolute atomic E-state index is 0.0550. The maximum atomic E-state index is 15.0. The third kappa shape index (κ3) is 16.9. The predicted molar refractivity (Wildman–Crippen MR) is 374 cm³/mol. The summed E-state index contributed by atoms with van der Waals surface area (Å²) in [6.07, 6.45) is 2.71. The Labute approximate surface area is 593 Å². The minimum atomic E-state index is -5.46. The molecule has 35 heteroatoms. The van der Waals surface area contributed by atoms with Gasteiger partial charge in [0.25, 0.3) is 26.7 Å². The van der Waals surface area contributed by atoms with Crippen molar-refractivity contribution < 1.29 is 79.4 Å². The van der Waals surface area contributed by atoms with Crippen LogP contribution < -0.4 is 39.8 Å². The van der Waals surface area contributed by atoms with E-state index in [1.165, 1.54) is 90.0 Å². The van der Waals surface area contributed by atoms with Crippen LogP contribution in [-0.4, -0.2) is 66.7 Å². The third-order valence-electron chi connectivity index (χ3n) is 14.0. The molecule has 0 aliphatic carbocycles. The van der Waals surface area contributed by atoms with Gasteiger partial charge in [-0.2, -0.15) is 17.2 Å². The van der Waals surface area contributed by atoms with E-state index in [0.717, 1.165) is 48.7 Å². The first kappa shape index (κ1) is 75.5. The number of aromatic nitrogens is 5. The van der Waals surface area contributed by atoms with Crippen molar-refractivity contribution in [1.29, 1.82) is 0 Å². The van der Waals surface area contributed by atoms with Gasteiger partial charge in [0.1, 0.15) is 53.1 Å². The number of thioether (sulfide) groups is 1. The van der Waals surface area contributed by atoms with E-state index in [1.54, 1.807) is 55.6 Å². The number of fused-ring (bicyclic) bond motifs is 3. The van der Waals surface area contributed by atoms with Gasteiger partial charge in [0.2, 0.25) is 40.8 Å². The van der Waals surface area contributed by atoms with Crippen LogP contribution in [0.1, 0.15) is 5.56 Å². The molecule has 2 N–H and O–H groups in total. The Morgan fingerprint density at radius 3 is 1.31 bits per heavy atom. The summed E-state index contributed by atoms with van der Waals surface area (Å²) in [5, 5.41) is 1.06. The molecule has 4 aromatic heterocycles. The van der Waals surface area contributed by atoms with E-state index in [4.69, 9.17) is 19.1 Å². The summed E-state index contributed by atoms with van der Waals surface area (Å²) in [7, 11) is -6.73. The fraction of sp³-hybridized carbons (Fsp3) is 0.0615. The number of anilines is 1. The van der Waals surface area contributed by atoms with Crippen molar-refractivity contribution in [2.24, 2.45) is 0 Å². The molecule has 18 nitrogen and oxygen atoms in total. The number of pyridine rings is 3. The van der Waals surface area contributed by atoms with Gasteiger partial charge in [0.05, 0.1) is 63.4 Å². The largest absolute Gasteiger partial charge is 0.495 e. The molecule has 0 spiro atoms. The first-order valence-electron chi connectivity index (χ1n) is 27.9. The summed E-state index contributed by atoms with van der Waals surface area (Å²) >= 11 is 11.4. The molecule has 0 fully saturated rings. The number of ether oxygens (including phenoxy) is 3. The highest BCUT2D eigenvalue weighted by Gasteiger charge is 2.33. The fourth-order valence-electron chi connectivity index (χ4n) is 9.56. The Morgan fingerprint density at radius 1 is 0.500 bits per heavy atom. The summed E-state index contributed by atoms with van der Waals surface area (Å²) in [5.41, 5.74) is 1.47. The van der Waals surface area contributed by atoms with Crippen molar-refractivity contribution in [2.75, 3.05) is 26.1 Å². The molecule has 100 heavy (non-hydrogen) atoms. The highest BCUT2D eigenvalue weighted by molar-refractivity contribution is 9.11. The molecule has 0 saturated carbocycles. The van der Waals surface area contributed by atoms with E-state index in [2.05, 4.69) is 66.7 Å². The number of sulfonamides is 1. The Hall–Kier alpha value is -8.65. The van der Waals surface area contributed by atoms with Crippen LogP contribution >= 0.6 is 76.6 Å². The monoisotopic (exact) mass is 1670 g/mol. The zero-order chi connectivity index (χ0) is 72.5. The normalized spacial score (nSPS) is 11.5. The second-order valence-corrected chi connectivity index (χ2v) is 28.7. The summed E-state index contributed by atoms with van der Waals surface area (Å²) in [4.78, 5) is 51.7. The van der Waals surface area contributed by atoms with E-state index in [-0.39, 0.29) is 45.2 Å². The molecule has 0 saturated heterocycles. The Balaban J connectivity index is 0.000000171. The van der Waals surface area contributed by atoms with Crippen molar-refractivity contribution >= 4 is 135 Å². The molecule has 4 heterocycles. The lowest BCUT2D eigenvalue weighted by molar-refractivity contribution is 0.346. The molecule has 0 amide bonds. The van der Waals surface area contributed by atoms with Crippen molar-refractivity contribution in [3.05, 3.63) is 273 Å². The number of nitrogens with zero attached hydrogens (tertiary/aromatic N) is 5. The van der Waals surface area contributed by atoms with Crippen LogP contribution in [0.4, 0.5) is 45.3 Å². The highest BCUT2D eigenvalue weighted by Crippen LogP contribution is 2.38. The van der Waals surface area contributed by atoms with Crippen molar-refractivity contribution in [3.8, 4) is 40.1 Å². The van der Waals surface area contributed by atoms with Crippen LogP contribution in [0, 0.1) is 46.5 Å². The zero-order valence-corrected chi connectivity index (χ0v) is 60.1. The summed E-state index contributed by atoms with van der Waals surface area (Å²) in [6.45, 7) is 0. The molecular weight excluding hydrogens is 1630 g/mol. The zero-order valence-electron chi connectivity index (χ0n) is 50.9. The number of nitrogens with one attached hydrogen (secondary N) is 1.